The Balaban J connectivity index is 1.48. The number of amides is 3. The maximum absolute atomic E-state index is 12.5. The first-order valence-corrected chi connectivity index (χ1v) is 8.63. The molecule has 3 atom stereocenters. The van der Waals surface area contributed by atoms with Crippen molar-refractivity contribution in [2.75, 3.05) is 32.9 Å². The van der Waals surface area contributed by atoms with Gasteiger partial charge in [0.05, 0.1) is 19.3 Å². The zero-order valence-electron chi connectivity index (χ0n) is 14.2. The number of hydroxylamine groups is 3. The lowest BCUT2D eigenvalue weighted by Gasteiger charge is -2.30. The summed E-state index contributed by atoms with van der Waals surface area (Å²) in [5, 5.41) is 4.35. The van der Waals surface area contributed by atoms with Crippen molar-refractivity contribution in [3.63, 3.8) is 0 Å². The minimum absolute atomic E-state index is 0.161. The van der Waals surface area contributed by atoms with Crippen molar-refractivity contribution in [3.05, 3.63) is 0 Å². The molecule has 3 fully saturated rings. The van der Waals surface area contributed by atoms with Gasteiger partial charge in [0.15, 0.2) is 6.61 Å². The van der Waals surface area contributed by atoms with Crippen molar-refractivity contribution in [1.29, 1.82) is 0 Å². The maximum atomic E-state index is 12.5. The van der Waals surface area contributed by atoms with Gasteiger partial charge in [-0.3, -0.25) is 14.5 Å². The van der Waals surface area contributed by atoms with Crippen LogP contribution < -0.4 is 10.8 Å². The number of carbonyl (C=O) groups is 3. The quantitative estimate of drug-likeness (QED) is 0.431. The molecule has 3 heterocycles. The molecule has 3 amide bonds. The monoisotopic (exact) mass is 356 g/mol. The van der Waals surface area contributed by atoms with E-state index in [1.807, 2.05) is 0 Å². The summed E-state index contributed by atoms with van der Waals surface area (Å²) < 4.78 is 4.78. The van der Waals surface area contributed by atoms with Crippen molar-refractivity contribution in [1.82, 2.24) is 20.8 Å². The maximum Gasteiger partial charge on any atom is 0.345 e. The second kappa shape index (κ2) is 7.98. The summed E-state index contributed by atoms with van der Waals surface area (Å²) in [5.74, 6) is -0.864. The molecule has 3 saturated heterocycles. The molecule has 2 bridgehead atoms. The van der Waals surface area contributed by atoms with Crippen molar-refractivity contribution in [3.8, 4) is 0 Å². The smallest absolute Gasteiger partial charge is 0.345 e. The zero-order chi connectivity index (χ0) is 17.8. The van der Waals surface area contributed by atoms with Gasteiger partial charge < -0.3 is 15.0 Å². The lowest BCUT2D eigenvalue weighted by Crippen LogP contribution is -2.51. The van der Waals surface area contributed by atoms with Crippen LogP contribution in [0, 0.1) is 0 Å². The molecule has 25 heavy (non-hydrogen) atoms. The average Bonchev–Trinajstić information content (AvgIpc) is 2.79. The molecule has 0 aliphatic carbocycles. The third kappa shape index (κ3) is 4.02. The second-order valence-corrected chi connectivity index (χ2v) is 6.30. The third-order valence-electron chi connectivity index (χ3n) is 4.64. The molecule has 2 N–H and O–H groups in total. The van der Waals surface area contributed by atoms with Gasteiger partial charge in [-0.15, -0.1) is 0 Å². The van der Waals surface area contributed by atoms with Crippen LogP contribution in [-0.2, 0) is 24.0 Å². The highest BCUT2D eigenvalue weighted by molar-refractivity contribution is 5.88. The van der Waals surface area contributed by atoms with Gasteiger partial charge in [0.25, 0.3) is 5.91 Å². The Morgan fingerprint density at radius 3 is 2.80 bits per heavy atom. The van der Waals surface area contributed by atoms with Crippen molar-refractivity contribution in [2.45, 2.75) is 44.3 Å². The highest BCUT2D eigenvalue weighted by Crippen LogP contribution is 2.30. The molecule has 3 aliphatic rings. The van der Waals surface area contributed by atoms with Crippen molar-refractivity contribution >= 4 is 17.9 Å². The van der Waals surface area contributed by atoms with E-state index < -0.39 is 18.0 Å². The van der Waals surface area contributed by atoms with Gasteiger partial charge in [0, 0.05) is 12.6 Å². The van der Waals surface area contributed by atoms with Gasteiger partial charge in [-0.25, -0.2) is 15.1 Å². The van der Waals surface area contributed by atoms with E-state index in [2.05, 4.69) is 10.8 Å². The Morgan fingerprint density at radius 2 is 2.12 bits per heavy atom. The Bertz CT molecular complexity index is 526. The van der Waals surface area contributed by atoms with E-state index >= 15 is 0 Å². The van der Waals surface area contributed by atoms with Gasteiger partial charge in [-0.2, -0.15) is 5.06 Å². The van der Waals surface area contributed by atoms with E-state index in [1.54, 1.807) is 6.92 Å². The van der Waals surface area contributed by atoms with Crippen LogP contribution >= 0.6 is 0 Å². The van der Waals surface area contributed by atoms with Gasteiger partial charge in [0.1, 0.15) is 6.04 Å². The van der Waals surface area contributed by atoms with E-state index in [0.717, 1.165) is 13.0 Å². The number of urea groups is 1. The number of esters is 1. The van der Waals surface area contributed by atoms with E-state index in [0.29, 0.717) is 26.0 Å². The van der Waals surface area contributed by atoms with Crippen LogP contribution in [0.3, 0.4) is 0 Å². The first-order chi connectivity index (χ1) is 12.1. The highest BCUT2D eigenvalue weighted by Gasteiger charge is 2.48. The van der Waals surface area contributed by atoms with Crippen LogP contribution in [0.2, 0.25) is 0 Å². The molecule has 2 unspecified atom stereocenters. The molecule has 0 radical (unpaired) electrons. The van der Waals surface area contributed by atoms with E-state index in [-0.39, 0.29) is 31.2 Å². The van der Waals surface area contributed by atoms with Crippen LogP contribution in [0.25, 0.3) is 0 Å². The summed E-state index contributed by atoms with van der Waals surface area (Å²) in [4.78, 5) is 48.1. The Morgan fingerprint density at radius 1 is 1.32 bits per heavy atom. The number of nitrogens with one attached hydrogen (secondary N) is 2. The first-order valence-electron chi connectivity index (χ1n) is 8.63. The number of carbonyl (C=O) groups excluding carboxylic acids is 3. The molecular weight excluding hydrogens is 332 g/mol. The number of hydrogen-bond acceptors (Lipinski definition) is 7. The molecule has 3 aliphatic heterocycles. The average molecular weight is 356 g/mol. The number of ether oxygens (including phenoxy) is 1. The summed E-state index contributed by atoms with van der Waals surface area (Å²) in [6.07, 6.45) is 2.16. The zero-order valence-corrected chi connectivity index (χ0v) is 14.2. The lowest BCUT2D eigenvalue weighted by molar-refractivity contribution is -0.172. The fourth-order valence-electron chi connectivity index (χ4n) is 3.17. The van der Waals surface area contributed by atoms with Crippen molar-refractivity contribution < 1.29 is 28.8 Å². The lowest BCUT2D eigenvalue weighted by atomic mass is 10.0. The number of hydrogen-bond donors (Lipinski definition) is 2. The van der Waals surface area contributed by atoms with Gasteiger partial charge >= 0.3 is 12.0 Å². The summed E-state index contributed by atoms with van der Waals surface area (Å²) in [6, 6.07) is -0.885. The van der Waals surface area contributed by atoms with Crippen LogP contribution in [0.4, 0.5) is 4.79 Å². The predicted molar refractivity (Wildman–Crippen MR) is 83.8 cm³/mol. The van der Waals surface area contributed by atoms with E-state index in [4.69, 9.17) is 14.4 Å². The summed E-state index contributed by atoms with van der Waals surface area (Å²) in [7, 11) is 0. The molecule has 10 nitrogen and oxygen atoms in total. The largest absolute Gasteiger partial charge is 0.464 e. The molecule has 0 aromatic rings. The summed E-state index contributed by atoms with van der Waals surface area (Å²) in [6.45, 7) is 3.40. The number of nitrogens with zero attached hydrogens (tertiary/aromatic N) is 2. The van der Waals surface area contributed by atoms with Gasteiger partial charge in [-0.05, 0) is 32.7 Å². The molecular formula is C15H24N4O6. The minimum Gasteiger partial charge on any atom is -0.464 e. The highest BCUT2D eigenvalue weighted by atomic mass is 16.7. The molecule has 3 rings (SSSR count). The number of fused-ring (bicyclic) bond motifs is 2. The summed E-state index contributed by atoms with van der Waals surface area (Å²) in [5.41, 5.74) is 2.43. The number of rotatable bonds is 8. The fraction of sp³-hybridized carbons (Fsp3) is 0.800. The van der Waals surface area contributed by atoms with Crippen molar-refractivity contribution in [2.24, 2.45) is 0 Å². The minimum atomic E-state index is -0.589. The number of piperidine rings is 1. The normalized spacial score (nSPS) is 27.9. The topological polar surface area (TPSA) is 109 Å². The van der Waals surface area contributed by atoms with Gasteiger partial charge in [-0.1, -0.05) is 0 Å². The molecule has 0 aromatic heterocycles. The Kier molecular flexibility index (Phi) is 5.71. The van der Waals surface area contributed by atoms with Crippen LogP contribution in [0.15, 0.2) is 0 Å². The molecule has 0 saturated carbocycles. The SMILES string of the molecule is CCOC(=O)CON1C(=O)N2CC1CCC2C(=O)NOC[C@H]1CCN1. The molecule has 0 spiro atoms. The second-order valence-electron chi connectivity index (χ2n) is 6.30. The Hall–Kier alpha value is -1.91. The molecule has 10 heteroatoms. The van der Waals surface area contributed by atoms with E-state index in [9.17, 15) is 14.4 Å². The summed E-state index contributed by atoms with van der Waals surface area (Å²) >= 11 is 0. The molecule has 140 valence electrons. The molecule has 0 aromatic carbocycles. The van der Waals surface area contributed by atoms with Crippen LogP contribution in [0.1, 0.15) is 26.2 Å². The standard InChI is InChI=1S/C15H24N4O6/c1-2-23-13(20)9-25-19-11-3-4-12(18(7-11)15(19)22)14(21)17-24-8-10-5-6-16-10/h10-12,16H,2-9H2,1H3,(H,17,21)/t10-,11?,12?/m1/s1. The predicted octanol–water partition coefficient (Wildman–Crippen LogP) is -0.841. The van der Waals surface area contributed by atoms with Gasteiger partial charge in [0.2, 0.25) is 0 Å². The van der Waals surface area contributed by atoms with E-state index in [1.165, 1.54) is 9.96 Å². The Labute approximate surface area is 145 Å². The van der Waals surface area contributed by atoms with Crippen LogP contribution in [-0.4, -0.2) is 78.9 Å². The van der Waals surface area contributed by atoms with Crippen LogP contribution in [0.5, 0.6) is 0 Å². The third-order valence-corrected chi connectivity index (χ3v) is 4.64. The fourth-order valence-corrected chi connectivity index (χ4v) is 3.17. The first kappa shape index (κ1) is 17.9.